The summed E-state index contributed by atoms with van der Waals surface area (Å²) >= 11 is 1.33. The zero-order chi connectivity index (χ0) is 31.9. The molecule has 0 radical (unpaired) electrons. The topological polar surface area (TPSA) is 129 Å². The number of hydrogen-bond donors (Lipinski definition) is 4. The summed E-state index contributed by atoms with van der Waals surface area (Å²) in [7, 11) is 0. The lowest BCUT2D eigenvalue weighted by Crippen LogP contribution is -2.30. The number of thioether (sulfide) groups is 1. The van der Waals surface area contributed by atoms with Gasteiger partial charge in [0.05, 0.1) is 0 Å². The van der Waals surface area contributed by atoms with Crippen molar-refractivity contribution in [2.45, 2.75) is 17.1 Å². The van der Waals surface area contributed by atoms with E-state index in [1.165, 1.54) is 11.8 Å². The number of aromatic nitrogens is 2. The van der Waals surface area contributed by atoms with Crippen LogP contribution < -0.4 is 16.0 Å². The number of anilines is 2. The summed E-state index contributed by atoms with van der Waals surface area (Å²) in [5, 5.41) is 12.7. The average Bonchev–Trinajstić information content (AvgIpc) is 3.69. The Morgan fingerprint density at radius 2 is 1.59 bits per heavy atom. The molecule has 0 aliphatic carbocycles. The molecule has 0 bridgehead atoms. The number of para-hydroxylation sites is 1. The van der Waals surface area contributed by atoms with E-state index < -0.39 is 17.1 Å². The standard InChI is InChI=1S/C36H29N5O4S/c1-23-19-32(41-45-23)40-36(44)33(24-11-4-2-5-12-24)46-28-16-10-15-27(21-28)38-35(43)31(39-34(42)25-13-6-3-7-14-25)20-26-22-37-30-18-9-8-17-29(26)30/h2-22,33,37H,1H3,(H,38,43)(H,39,42)(H,40,41,44)/b31-20-. The number of nitrogens with zero attached hydrogens (tertiary/aromatic N) is 1. The van der Waals surface area contributed by atoms with Crippen LogP contribution in [0.25, 0.3) is 17.0 Å². The predicted octanol–water partition coefficient (Wildman–Crippen LogP) is 7.35. The Morgan fingerprint density at radius 1 is 0.848 bits per heavy atom. The lowest BCUT2D eigenvalue weighted by atomic mass is 10.1. The molecule has 1 unspecified atom stereocenters. The van der Waals surface area contributed by atoms with Crippen LogP contribution in [-0.2, 0) is 9.59 Å². The van der Waals surface area contributed by atoms with Gasteiger partial charge in [0.25, 0.3) is 11.8 Å². The molecule has 0 saturated heterocycles. The van der Waals surface area contributed by atoms with Gasteiger partial charge >= 0.3 is 0 Å². The Balaban J connectivity index is 1.25. The van der Waals surface area contributed by atoms with E-state index in [0.29, 0.717) is 22.8 Å². The summed E-state index contributed by atoms with van der Waals surface area (Å²) in [5.74, 6) is -0.273. The van der Waals surface area contributed by atoms with E-state index in [4.69, 9.17) is 4.52 Å². The van der Waals surface area contributed by atoms with E-state index >= 15 is 0 Å². The molecule has 6 aromatic rings. The van der Waals surface area contributed by atoms with Gasteiger partial charge in [-0.05, 0) is 55.0 Å². The first-order valence-corrected chi connectivity index (χ1v) is 15.3. The van der Waals surface area contributed by atoms with Crippen molar-refractivity contribution >= 4 is 58.0 Å². The lowest BCUT2D eigenvalue weighted by molar-refractivity contribution is -0.116. The van der Waals surface area contributed by atoms with Crippen molar-refractivity contribution in [1.82, 2.24) is 15.5 Å². The molecular weight excluding hydrogens is 598 g/mol. The lowest BCUT2D eigenvalue weighted by Gasteiger charge is -2.17. The Hall–Kier alpha value is -5.87. The first kappa shape index (κ1) is 30.2. The van der Waals surface area contributed by atoms with Gasteiger partial charge < -0.3 is 25.5 Å². The average molecular weight is 628 g/mol. The van der Waals surface area contributed by atoms with Crippen molar-refractivity contribution in [3.8, 4) is 0 Å². The van der Waals surface area contributed by atoms with Crippen molar-refractivity contribution in [1.29, 1.82) is 0 Å². The smallest absolute Gasteiger partial charge is 0.272 e. The fourth-order valence-electron chi connectivity index (χ4n) is 4.81. The van der Waals surface area contributed by atoms with E-state index in [9.17, 15) is 14.4 Å². The number of aryl methyl sites for hydroxylation is 1. The second-order valence-corrected chi connectivity index (χ2v) is 11.5. The van der Waals surface area contributed by atoms with Crippen LogP contribution in [0.5, 0.6) is 0 Å². The van der Waals surface area contributed by atoms with E-state index in [1.807, 2.05) is 66.7 Å². The summed E-state index contributed by atoms with van der Waals surface area (Å²) in [6, 6.07) is 34.7. The van der Waals surface area contributed by atoms with E-state index in [-0.39, 0.29) is 11.6 Å². The molecule has 0 spiro atoms. The minimum Gasteiger partial charge on any atom is -0.361 e. The van der Waals surface area contributed by atoms with Crippen molar-refractivity contribution in [2.24, 2.45) is 0 Å². The second kappa shape index (κ2) is 13.8. The Kier molecular flexibility index (Phi) is 9.07. The van der Waals surface area contributed by atoms with Gasteiger partial charge in [0.2, 0.25) is 5.91 Å². The third kappa shape index (κ3) is 7.25. The van der Waals surface area contributed by atoms with Crippen molar-refractivity contribution in [3.05, 3.63) is 150 Å². The summed E-state index contributed by atoms with van der Waals surface area (Å²) in [5.41, 5.74) is 3.44. The highest BCUT2D eigenvalue weighted by Gasteiger charge is 2.24. The molecular formula is C36H29N5O4S. The molecule has 9 nitrogen and oxygen atoms in total. The molecule has 2 aromatic heterocycles. The largest absolute Gasteiger partial charge is 0.361 e. The maximum absolute atomic E-state index is 13.7. The molecule has 0 fully saturated rings. The van der Waals surface area contributed by atoms with Gasteiger partial charge in [0.15, 0.2) is 5.82 Å². The molecule has 0 saturated carbocycles. The molecule has 46 heavy (non-hydrogen) atoms. The number of nitrogens with one attached hydrogen (secondary N) is 4. The van der Waals surface area contributed by atoms with Gasteiger partial charge in [0.1, 0.15) is 16.7 Å². The number of carbonyl (C=O) groups excluding carboxylic acids is 3. The number of rotatable bonds is 10. The molecule has 3 amide bonds. The fourth-order valence-corrected chi connectivity index (χ4v) is 5.89. The minimum atomic E-state index is -0.619. The summed E-state index contributed by atoms with van der Waals surface area (Å²) in [6.07, 6.45) is 3.44. The van der Waals surface area contributed by atoms with E-state index in [0.717, 1.165) is 26.9 Å². The molecule has 10 heteroatoms. The number of carbonyl (C=O) groups is 3. The van der Waals surface area contributed by atoms with Crippen molar-refractivity contribution in [3.63, 3.8) is 0 Å². The highest BCUT2D eigenvalue weighted by atomic mass is 32.2. The van der Waals surface area contributed by atoms with Crippen LogP contribution in [0.3, 0.4) is 0 Å². The molecule has 228 valence electrons. The zero-order valence-electron chi connectivity index (χ0n) is 24.7. The minimum absolute atomic E-state index is 0.0705. The predicted molar refractivity (Wildman–Crippen MR) is 180 cm³/mol. The van der Waals surface area contributed by atoms with Crippen LogP contribution in [0.4, 0.5) is 11.5 Å². The SMILES string of the molecule is Cc1cc(NC(=O)C(Sc2cccc(NC(=O)/C(=C/c3c[nH]c4ccccc34)NC(=O)c3ccccc3)c2)c2ccccc2)no1. The van der Waals surface area contributed by atoms with Crippen molar-refractivity contribution < 1.29 is 18.9 Å². The molecule has 0 aliphatic heterocycles. The van der Waals surface area contributed by atoms with Crippen molar-refractivity contribution in [2.75, 3.05) is 10.6 Å². The number of amides is 3. The van der Waals surface area contributed by atoms with Gasteiger partial charge in [-0.3, -0.25) is 14.4 Å². The summed E-state index contributed by atoms with van der Waals surface area (Å²) in [6.45, 7) is 1.75. The number of fused-ring (bicyclic) bond motifs is 1. The summed E-state index contributed by atoms with van der Waals surface area (Å²) in [4.78, 5) is 44.2. The number of aromatic amines is 1. The molecule has 2 heterocycles. The van der Waals surface area contributed by atoms with Crippen LogP contribution in [0, 0.1) is 6.92 Å². The van der Waals surface area contributed by atoms with Gasteiger partial charge in [-0.25, -0.2) is 0 Å². The highest BCUT2D eigenvalue weighted by molar-refractivity contribution is 8.00. The van der Waals surface area contributed by atoms with Crippen LogP contribution in [-0.4, -0.2) is 27.9 Å². The van der Waals surface area contributed by atoms with Crippen LogP contribution in [0.15, 0.2) is 137 Å². The number of H-pyrrole nitrogens is 1. The number of benzene rings is 4. The summed E-state index contributed by atoms with van der Waals surface area (Å²) < 4.78 is 5.10. The first-order valence-electron chi connectivity index (χ1n) is 14.4. The van der Waals surface area contributed by atoms with Gasteiger partial charge in [-0.1, -0.05) is 78.0 Å². The van der Waals surface area contributed by atoms with Gasteiger partial charge in [-0.15, -0.1) is 11.8 Å². The Labute approximate surface area is 269 Å². The normalized spacial score (nSPS) is 12.0. The molecule has 0 aliphatic rings. The fraction of sp³-hybridized carbons (Fsp3) is 0.0556. The zero-order valence-corrected chi connectivity index (χ0v) is 25.5. The maximum Gasteiger partial charge on any atom is 0.272 e. The molecule has 4 N–H and O–H groups in total. The quantitative estimate of drug-likeness (QED) is 0.0929. The van der Waals surface area contributed by atoms with Gasteiger partial charge in [0, 0.05) is 44.9 Å². The van der Waals surface area contributed by atoms with E-state index in [1.54, 1.807) is 67.7 Å². The molecule has 4 aromatic carbocycles. The van der Waals surface area contributed by atoms with Gasteiger partial charge in [-0.2, -0.15) is 0 Å². The first-order chi connectivity index (χ1) is 22.4. The molecule has 6 rings (SSSR count). The highest BCUT2D eigenvalue weighted by Crippen LogP contribution is 2.37. The van der Waals surface area contributed by atoms with Crippen LogP contribution in [0.1, 0.15) is 32.5 Å². The van der Waals surface area contributed by atoms with Crippen LogP contribution in [0.2, 0.25) is 0 Å². The Bertz CT molecular complexity index is 2040. The third-order valence-electron chi connectivity index (χ3n) is 7.02. The third-order valence-corrected chi connectivity index (χ3v) is 8.26. The maximum atomic E-state index is 13.7. The number of hydrogen-bond acceptors (Lipinski definition) is 6. The van der Waals surface area contributed by atoms with Crippen LogP contribution >= 0.6 is 11.8 Å². The Morgan fingerprint density at radius 3 is 2.35 bits per heavy atom. The van der Waals surface area contributed by atoms with E-state index in [2.05, 4.69) is 26.1 Å². The second-order valence-electron chi connectivity index (χ2n) is 10.4. The molecule has 1 atom stereocenters. The monoisotopic (exact) mass is 627 g/mol.